The lowest BCUT2D eigenvalue weighted by Crippen LogP contribution is -1.88. The third-order valence-electron chi connectivity index (χ3n) is 2.43. The molecule has 0 atom stereocenters. The molecule has 0 radical (unpaired) electrons. The average molecular weight is 309 g/mol. The second kappa shape index (κ2) is 5.71. The number of halogens is 1. The van der Waals surface area contributed by atoms with Crippen LogP contribution in [0.1, 0.15) is 11.1 Å². The molecule has 0 fully saturated rings. The number of aryl methyl sites for hydroxylation is 1. The molecule has 3 heteroatoms. The number of hydrogen-bond acceptors (Lipinski definition) is 2. The van der Waals surface area contributed by atoms with Gasteiger partial charge in [-0.05, 0) is 42.8 Å². The van der Waals surface area contributed by atoms with Crippen LogP contribution in [0.2, 0.25) is 0 Å². The minimum Gasteiger partial charge on any atom is -0.392 e. The predicted octanol–water partition coefficient (Wildman–Crippen LogP) is 4.40. The van der Waals surface area contributed by atoms with Crippen molar-refractivity contribution >= 4 is 27.7 Å². The fourth-order valence-corrected chi connectivity index (χ4v) is 2.74. The molecule has 0 saturated heterocycles. The van der Waals surface area contributed by atoms with E-state index in [9.17, 15) is 5.11 Å². The van der Waals surface area contributed by atoms with Crippen LogP contribution in [0.25, 0.3) is 0 Å². The van der Waals surface area contributed by atoms with Gasteiger partial charge in [0.25, 0.3) is 0 Å². The predicted molar refractivity (Wildman–Crippen MR) is 75.4 cm³/mol. The lowest BCUT2D eigenvalue weighted by atomic mass is 10.1. The van der Waals surface area contributed by atoms with Crippen molar-refractivity contribution in [2.24, 2.45) is 0 Å². The summed E-state index contributed by atoms with van der Waals surface area (Å²) < 4.78 is 1.08. The molecule has 2 aromatic rings. The number of rotatable bonds is 3. The van der Waals surface area contributed by atoms with E-state index in [1.807, 2.05) is 25.1 Å². The summed E-state index contributed by atoms with van der Waals surface area (Å²) >= 11 is 5.09. The molecule has 0 aromatic heterocycles. The zero-order valence-corrected chi connectivity index (χ0v) is 11.9. The molecular formula is C14H13BrOS. The highest BCUT2D eigenvalue weighted by atomic mass is 79.9. The molecule has 0 aliphatic rings. The third kappa shape index (κ3) is 3.35. The smallest absolute Gasteiger partial charge is 0.0692 e. The largest absolute Gasteiger partial charge is 0.392 e. The van der Waals surface area contributed by atoms with E-state index in [1.54, 1.807) is 11.8 Å². The van der Waals surface area contributed by atoms with Gasteiger partial charge < -0.3 is 5.11 Å². The first kappa shape index (κ1) is 12.7. The van der Waals surface area contributed by atoms with Crippen molar-refractivity contribution in [1.82, 2.24) is 0 Å². The summed E-state index contributed by atoms with van der Waals surface area (Å²) in [5.74, 6) is 0. The Morgan fingerprint density at radius 1 is 1.12 bits per heavy atom. The summed E-state index contributed by atoms with van der Waals surface area (Å²) in [6.07, 6.45) is 0. The zero-order chi connectivity index (χ0) is 12.3. The van der Waals surface area contributed by atoms with E-state index >= 15 is 0 Å². The minimum absolute atomic E-state index is 0.0839. The molecule has 0 bridgehead atoms. The second-order valence-electron chi connectivity index (χ2n) is 3.83. The first-order chi connectivity index (χ1) is 8.19. The van der Waals surface area contributed by atoms with Gasteiger partial charge in [-0.2, -0.15) is 0 Å². The van der Waals surface area contributed by atoms with E-state index in [0.29, 0.717) is 0 Å². The van der Waals surface area contributed by atoms with E-state index < -0.39 is 0 Å². The molecule has 1 nitrogen and oxygen atoms in total. The van der Waals surface area contributed by atoms with Crippen molar-refractivity contribution in [2.45, 2.75) is 23.3 Å². The Bertz CT molecular complexity index is 508. The molecule has 0 unspecified atom stereocenters. The molecule has 1 N–H and O–H groups in total. The topological polar surface area (TPSA) is 20.2 Å². The van der Waals surface area contributed by atoms with Crippen molar-refractivity contribution in [1.29, 1.82) is 0 Å². The van der Waals surface area contributed by atoms with Gasteiger partial charge in [-0.3, -0.25) is 0 Å². The highest BCUT2D eigenvalue weighted by Gasteiger charge is 2.04. The van der Waals surface area contributed by atoms with Gasteiger partial charge in [0, 0.05) is 14.3 Å². The molecule has 0 aliphatic carbocycles. The van der Waals surface area contributed by atoms with Gasteiger partial charge in [0.2, 0.25) is 0 Å². The number of hydrogen-bond donors (Lipinski definition) is 1. The number of aliphatic hydroxyl groups excluding tert-OH is 1. The van der Waals surface area contributed by atoms with Crippen LogP contribution in [0, 0.1) is 6.92 Å². The van der Waals surface area contributed by atoms with Crippen LogP contribution in [-0.2, 0) is 6.61 Å². The van der Waals surface area contributed by atoms with Gasteiger partial charge in [0.05, 0.1) is 6.61 Å². The summed E-state index contributed by atoms with van der Waals surface area (Å²) in [6.45, 7) is 2.12. The molecule has 2 rings (SSSR count). The molecular weight excluding hydrogens is 296 g/mol. The molecule has 0 spiro atoms. The normalized spacial score (nSPS) is 10.5. The molecule has 0 aliphatic heterocycles. The Morgan fingerprint density at radius 2 is 1.82 bits per heavy atom. The summed E-state index contributed by atoms with van der Waals surface area (Å²) in [6, 6.07) is 14.3. The fourth-order valence-electron chi connectivity index (χ4n) is 1.56. The first-order valence-corrected chi connectivity index (χ1v) is 6.94. The average Bonchev–Trinajstić information content (AvgIpc) is 2.34. The minimum atomic E-state index is 0.0839. The maximum atomic E-state index is 9.34. The van der Waals surface area contributed by atoms with E-state index in [4.69, 9.17) is 0 Å². The molecule has 0 amide bonds. The first-order valence-electron chi connectivity index (χ1n) is 5.33. The summed E-state index contributed by atoms with van der Waals surface area (Å²) in [4.78, 5) is 2.28. The third-order valence-corrected chi connectivity index (χ3v) is 4.08. The summed E-state index contributed by atoms with van der Waals surface area (Å²) in [5.41, 5.74) is 2.16. The van der Waals surface area contributed by atoms with Crippen LogP contribution >= 0.6 is 27.7 Å². The van der Waals surface area contributed by atoms with E-state index in [0.717, 1.165) is 14.9 Å². The molecule has 0 saturated carbocycles. The Labute approximate surface area is 114 Å². The summed E-state index contributed by atoms with van der Waals surface area (Å²) in [7, 11) is 0. The van der Waals surface area contributed by atoms with Crippen LogP contribution < -0.4 is 0 Å². The molecule has 0 heterocycles. The standard InChI is InChI=1S/C14H13BrOS/c1-10-2-7-14(11(8-10)9-16)17-13-5-3-12(15)4-6-13/h2-8,16H,9H2,1H3. The Morgan fingerprint density at radius 3 is 2.47 bits per heavy atom. The highest BCUT2D eigenvalue weighted by Crippen LogP contribution is 2.31. The van der Waals surface area contributed by atoms with E-state index in [1.165, 1.54) is 10.5 Å². The Balaban J connectivity index is 2.26. The van der Waals surface area contributed by atoms with Crippen molar-refractivity contribution in [3.8, 4) is 0 Å². The molecule has 2 aromatic carbocycles. The maximum Gasteiger partial charge on any atom is 0.0692 e. The van der Waals surface area contributed by atoms with Gasteiger partial charge in [-0.15, -0.1) is 0 Å². The lowest BCUT2D eigenvalue weighted by molar-refractivity contribution is 0.279. The van der Waals surface area contributed by atoms with Crippen LogP contribution in [0.15, 0.2) is 56.7 Å². The van der Waals surface area contributed by atoms with Gasteiger partial charge in [0.15, 0.2) is 0 Å². The quantitative estimate of drug-likeness (QED) is 0.907. The zero-order valence-electron chi connectivity index (χ0n) is 9.48. The Hall–Kier alpha value is -0.770. The maximum absolute atomic E-state index is 9.34. The van der Waals surface area contributed by atoms with Crippen molar-refractivity contribution in [3.63, 3.8) is 0 Å². The van der Waals surface area contributed by atoms with Crippen molar-refractivity contribution < 1.29 is 5.11 Å². The van der Waals surface area contributed by atoms with E-state index in [-0.39, 0.29) is 6.61 Å². The van der Waals surface area contributed by atoms with Crippen molar-refractivity contribution in [2.75, 3.05) is 0 Å². The second-order valence-corrected chi connectivity index (χ2v) is 5.86. The summed E-state index contributed by atoms with van der Waals surface area (Å²) in [5, 5.41) is 9.34. The number of benzene rings is 2. The van der Waals surface area contributed by atoms with E-state index in [2.05, 4.69) is 40.2 Å². The monoisotopic (exact) mass is 308 g/mol. The van der Waals surface area contributed by atoms with Gasteiger partial charge in [-0.1, -0.05) is 45.4 Å². The lowest BCUT2D eigenvalue weighted by Gasteiger charge is -2.08. The van der Waals surface area contributed by atoms with Gasteiger partial charge >= 0.3 is 0 Å². The highest BCUT2D eigenvalue weighted by molar-refractivity contribution is 9.10. The van der Waals surface area contributed by atoms with Crippen LogP contribution in [0.5, 0.6) is 0 Å². The fraction of sp³-hybridized carbons (Fsp3) is 0.143. The SMILES string of the molecule is Cc1ccc(Sc2ccc(Br)cc2)c(CO)c1. The Kier molecular flexibility index (Phi) is 4.26. The van der Waals surface area contributed by atoms with Gasteiger partial charge in [0.1, 0.15) is 0 Å². The van der Waals surface area contributed by atoms with Crippen LogP contribution in [0.3, 0.4) is 0 Å². The van der Waals surface area contributed by atoms with Crippen LogP contribution in [0.4, 0.5) is 0 Å². The van der Waals surface area contributed by atoms with Gasteiger partial charge in [-0.25, -0.2) is 0 Å². The van der Waals surface area contributed by atoms with Crippen LogP contribution in [-0.4, -0.2) is 5.11 Å². The number of aliphatic hydroxyl groups is 1. The van der Waals surface area contributed by atoms with Crippen molar-refractivity contribution in [3.05, 3.63) is 58.1 Å². The molecule has 17 heavy (non-hydrogen) atoms. The molecule has 88 valence electrons.